The Kier molecular flexibility index (Phi) is 7.12. The van der Waals surface area contributed by atoms with Gasteiger partial charge in [-0.05, 0) is 67.5 Å². The summed E-state index contributed by atoms with van der Waals surface area (Å²) in [4.78, 5) is 11.0. The Bertz CT molecular complexity index is 1190. The molecule has 0 radical (unpaired) electrons. The number of benzene rings is 1. The second-order valence-corrected chi connectivity index (χ2v) is 8.42. The number of rotatable bonds is 5. The highest BCUT2D eigenvalue weighted by molar-refractivity contribution is 6.10. The molecular weight excluding hydrogens is 406 g/mol. The molecule has 0 atom stereocenters. The summed E-state index contributed by atoms with van der Waals surface area (Å²) in [7, 11) is 0. The van der Waals surface area contributed by atoms with Gasteiger partial charge in [0, 0.05) is 36.6 Å². The Balaban J connectivity index is 1.36. The van der Waals surface area contributed by atoms with Crippen LogP contribution in [0.2, 0.25) is 0 Å². The SMILES string of the molecule is CC1=NC(C#N)=C(C#N)N=C(/C=C/C=C/C=C/C=C/c2cc3c4c(c2)CCCN4CCC3)C1. The van der Waals surface area contributed by atoms with Gasteiger partial charge in [0.05, 0.1) is 0 Å². The van der Waals surface area contributed by atoms with Crippen LogP contribution in [0, 0.1) is 22.7 Å². The van der Waals surface area contributed by atoms with Crippen molar-refractivity contribution < 1.29 is 0 Å². The van der Waals surface area contributed by atoms with Crippen LogP contribution in [0.4, 0.5) is 5.69 Å². The highest BCUT2D eigenvalue weighted by atomic mass is 15.1. The molecule has 0 amide bonds. The molecule has 3 aliphatic rings. The maximum atomic E-state index is 9.21. The lowest BCUT2D eigenvalue weighted by Gasteiger charge is -2.37. The maximum absolute atomic E-state index is 9.21. The second-order valence-electron chi connectivity index (χ2n) is 8.42. The van der Waals surface area contributed by atoms with Crippen molar-refractivity contribution in [3.63, 3.8) is 0 Å². The first-order valence-corrected chi connectivity index (χ1v) is 11.4. The fraction of sp³-hybridized carbons (Fsp3) is 0.286. The fourth-order valence-electron chi connectivity index (χ4n) is 4.55. The van der Waals surface area contributed by atoms with E-state index in [2.05, 4.69) is 39.2 Å². The van der Waals surface area contributed by atoms with Crippen LogP contribution >= 0.6 is 0 Å². The Morgan fingerprint density at radius 3 is 2.03 bits per heavy atom. The number of allylic oxidation sites excluding steroid dienone is 9. The standard InChI is InChI=1S/C28H27N5/c1-21-16-25(32-27(20-30)26(19-29)31-21)13-7-5-3-2-4-6-10-22-17-23-11-8-14-33-15-9-12-24(18-22)28(23)33/h2-7,10,13,17-18H,8-9,11-12,14-16H2,1H3/b4-2+,5-3+,10-6+,13-7+. The minimum atomic E-state index is 0.0621. The van der Waals surface area contributed by atoms with Gasteiger partial charge >= 0.3 is 0 Å². The number of hydrogen-bond acceptors (Lipinski definition) is 5. The Hall–Kier alpha value is -3.96. The lowest BCUT2D eigenvalue weighted by molar-refractivity contribution is 0.634. The molecule has 33 heavy (non-hydrogen) atoms. The summed E-state index contributed by atoms with van der Waals surface area (Å²) in [5.41, 5.74) is 7.41. The van der Waals surface area contributed by atoms with Gasteiger partial charge in [0.1, 0.15) is 12.1 Å². The average Bonchev–Trinajstić information content (AvgIpc) is 2.98. The molecule has 1 aromatic carbocycles. The maximum Gasteiger partial charge on any atom is 0.177 e. The van der Waals surface area contributed by atoms with E-state index >= 15 is 0 Å². The van der Waals surface area contributed by atoms with E-state index in [4.69, 9.17) is 5.26 Å². The number of nitriles is 2. The number of anilines is 1. The van der Waals surface area contributed by atoms with E-state index in [1.807, 2.05) is 55.5 Å². The molecule has 0 aromatic heterocycles. The molecule has 4 rings (SSSR count). The average molecular weight is 434 g/mol. The molecular formula is C28H27N5. The number of aliphatic imine (C=N–C) groups is 2. The van der Waals surface area contributed by atoms with Crippen molar-refractivity contribution in [1.82, 2.24) is 0 Å². The minimum absolute atomic E-state index is 0.0621. The first kappa shape index (κ1) is 22.2. The Morgan fingerprint density at radius 2 is 1.39 bits per heavy atom. The number of nitrogens with zero attached hydrogens (tertiary/aromatic N) is 5. The van der Waals surface area contributed by atoms with E-state index in [1.165, 1.54) is 61.2 Å². The smallest absolute Gasteiger partial charge is 0.177 e. The van der Waals surface area contributed by atoms with Crippen molar-refractivity contribution in [2.24, 2.45) is 9.98 Å². The van der Waals surface area contributed by atoms with Crippen LogP contribution in [-0.4, -0.2) is 24.5 Å². The first-order valence-electron chi connectivity index (χ1n) is 11.4. The van der Waals surface area contributed by atoms with Crippen LogP contribution in [0.5, 0.6) is 0 Å². The predicted octanol–water partition coefficient (Wildman–Crippen LogP) is 5.63. The van der Waals surface area contributed by atoms with Crippen LogP contribution in [0.25, 0.3) is 6.08 Å². The first-order chi connectivity index (χ1) is 16.2. The van der Waals surface area contributed by atoms with Crippen LogP contribution in [0.15, 0.2) is 76.0 Å². The summed E-state index contributed by atoms with van der Waals surface area (Å²) < 4.78 is 0. The molecule has 0 bridgehead atoms. The number of aryl methyl sites for hydroxylation is 2. The van der Waals surface area contributed by atoms with Gasteiger partial charge in [-0.2, -0.15) is 10.5 Å². The van der Waals surface area contributed by atoms with Crippen molar-refractivity contribution in [2.45, 2.75) is 39.0 Å². The van der Waals surface area contributed by atoms with Crippen molar-refractivity contribution in [1.29, 1.82) is 10.5 Å². The van der Waals surface area contributed by atoms with Crippen LogP contribution < -0.4 is 4.90 Å². The van der Waals surface area contributed by atoms with Gasteiger partial charge in [-0.3, -0.25) is 0 Å². The molecule has 1 aromatic rings. The van der Waals surface area contributed by atoms with Crippen molar-refractivity contribution in [3.05, 3.63) is 82.7 Å². The van der Waals surface area contributed by atoms with E-state index in [1.54, 1.807) is 0 Å². The zero-order valence-corrected chi connectivity index (χ0v) is 19.0. The molecule has 0 spiro atoms. The van der Waals surface area contributed by atoms with Crippen LogP contribution in [0.1, 0.15) is 42.9 Å². The molecule has 0 saturated heterocycles. The highest BCUT2D eigenvalue weighted by Crippen LogP contribution is 2.36. The summed E-state index contributed by atoms with van der Waals surface area (Å²) in [5, 5.41) is 18.3. The summed E-state index contributed by atoms with van der Waals surface area (Å²) in [5.74, 6) is 0. The largest absolute Gasteiger partial charge is 0.371 e. The molecule has 0 unspecified atom stereocenters. The van der Waals surface area contributed by atoms with Crippen molar-refractivity contribution >= 4 is 23.2 Å². The van der Waals surface area contributed by atoms with Crippen LogP contribution in [0.3, 0.4) is 0 Å². The summed E-state index contributed by atoms with van der Waals surface area (Å²) in [6.45, 7) is 4.24. The van der Waals surface area contributed by atoms with Gasteiger partial charge in [0.25, 0.3) is 0 Å². The van der Waals surface area contributed by atoms with E-state index in [9.17, 15) is 5.26 Å². The zero-order valence-electron chi connectivity index (χ0n) is 19.0. The molecule has 0 aliphatic carbocycles. The van der Waals surface area contributed by atoms with Gasteiger partial charge in [0.2, 0.25) is 0 Å². The molecule has 0 N–H and O–H groups in total. The van der Waals surface area contributed by atoms with E-state index in [0.717, 1.165) is 5.71 Å². The third kappa shape index (κ3) is 5.45. The molecule has 0 fully saturated rings. The van der Waals surface area contributed by atoms with E-state index < -0.39 is 0 Å². The lowest BCUT2D eigenvalue weighted by atomic mass is 9.90. The van der Waals surface area contributed by atoms with Crippen molar-refractivity contribution in [2.75, 3.05) is 18.0 Å². The fourth-order valence-corrected chi connectivity index (χ4v) is 4.55. The molecule has 0 saturated carbocycles. The molecule has 3 heterocycles. The zero-order chi connectivity index (χ0) is 23.0. The second kappa shape index (κ2) is 10.6. The predicted molar refractivity (Wildman–Crippen MR) is 135 cm³/mol. The third-order valence-electron chi connectivity index (χ3n) is 5.92. The van der Waals surface area contributed by atoms with E-state index in [-0.39, 0.29) is 11.4 Å². The Morgan fingerprint density at radius 1 is 0.818 bits per heavy atom. The minimum Gasteiger partial charge on any atom is -0.371 e. The molecule has 5 nitrogen and oxygen atoms in total. The Labute approximate surface area is 195 Å². The monoisotopic (exact) mass is 433 g/mol. The van der Waals surface area contributed by atoms with E-state index in [0.29, 0.717) is 12.1 Å². The number of hydrogen-bond donors (Lipinski definition) is 0. The summed E-state index contributed by atoms with van der Waals surface area (Å²) in [6, 6.07) is 8.58. The highest BCUT2D eigenvalue weighted by Gasteiger charge is 2.23. The third-order valence-corrected chi connectivity index (χ3v) is 5.92. The topological polar surface area (TPSA) is 75.5 Å². The lowest BCUT2D eigenvalue weighted by Crippen LogP contribution is -2.34. The molecule has 3 aliphatic heterocycles. The summed E-state index contributed by atoms with van der Waals surface area (Å²) >= 11 is 0. The molecule has 5 heteroatoms. The van der Waals surface area contributed by atoms with Gasteiger partial charge in [-0.15, -0.1) is 0 Å². The van der Waals surface area contributed by atoms with Crippen molar-refractivity contribution in [3.8, 4) is 12.1 Å². The van der Waals surface area contributed by atoms with Gasteiger partial charge < -0.3 is 4.90 Å². The van der Waals surface area contributed by atoms with Gasteiger partial charge in [-0.25, -0.2) is 9.98 Å². The normalized spacial score (nSPS) is 18.5. The molecule has 164 valence electrons. The summed E-state index contributed by atoms with van der Waals surface area (Å²) in [6.07, 6.45) is 21.3. The quantitative estimate of drug-likeness (QED) is 0.565. The van der Waals surface area contributed by atoms with Crippen LogP contribution in [-0.2, 0) is 12.8 Å². The van der Waals surface area contributed by atoms with Gasteiger partial charge in [0.15, 0.2) is 11.4 Å². The van der Waals surface area contributed by atoms with Gasteiger partial charge in [-0.1, -0.05) is 42.5 Å².